The molecule has 2 aromatic rings. The van der Waals surface area contributed by atoms with Crippen LogP contribution in [0.2, 0.25) is 0 Å². The third kappa shape index (κ3) is 4.02. The first kappa shape index (κ1) is 18.7. The van der Waals surface area contributed by atoms with Gasteiger partial charge in [0.15, 0.2) is 5.78 Å². The maximum absolute atomic E-state index is 13.1. The molecule has 0 saturated heterocycles. The Morgan fingerprint density at radius 1 is 1.15 bits per heavy atom. The number of nitrogens with one attached hydrogen (secondary N) is 2. The molecule has 0 aromatic heterocycles. The predicted molar refractivity (Wildman–Crippen MR) is 110 cm³/mol. The van der Waals surface area contributed by atoms with Gasteiger partial charge in [0, 0.05) is 38.4 Å². The fraction of sp³-hybridized carbons (Fsp3) is 0.150. The van der Waals surface area contributed by atoms with E-state index in [9.17, 15) is 4.79 Å². The summed E-state index contributed by atoms with van der Waals surface area (Å²) in [7, 11) is 1.63. The van der Waals surface area contributed by atoms with Crippen molar-refractivity contribution in [2.45, 2.75) is 13.3 Å². The predicted octanol–water partition coefficient (Wildman–Crippen LogP) is 4.81. The van der Waals surface area contributed by atoms with Crippen molar-refractivity contribution in [3.8, 4) is 5.75 Å². The molecule has 0 spiro atoms. The second kappa shape index (κ2) is 8.10. The van der Waals surface area contributed by atoms with Gasteiger partial charge in [-0.2, -0.15) is 0 Å². The number of carbonyl (C=O) groups is 1. The van der Waals surface area contributed by atoms with E-state index in [0.29, 0.717) is 17.5 Å². The van der Waals surface area contributed by atoms with E-state index < -0.39 is 0 Å². The quantitative estimate of drug-likeness (QED) is 0.607. The van der Waals surface area contributed by atoms with Crippen LogP contribution < -0.4 is 15.6 Å². The zero-order valence-corrected chi connectivity index (χ0v) is 17.6. The van der Waals surface area contributed by atoms with E-state index in [1.807, 2.05) is 49.5 Å². The van der Waals surface area contributed by atoms with Crippen molar-refractivity contribution in [1.29, 1.82) is 0 Å². The average Bonchev–Trinajstić information content (AvgIpc) is 2.61. The highest BCUT2D eigenvalue weighted by molar-refractivity contribution is 9.11. The summed E-state index contributed by atoms with van der Waals surface area (Å²) in [4.78, 5) is 13.1. The highest BCUT2D eigenvalue weighted by Crippen LogP contribution is 2.31. The van der Waals surface area contributed by atoms with Gasteiger partial charge in [0.2, 0.25) is 0 Å². The lowest BCUT2D eigenvalue weighted by Crippen LogP contribution is -2.29. The van der Waals surface area contributed by atoms with Crippen molar-refractivity contribution in [1.82, 2.24) is 10.9 Å². The number of hydrogen-bond donors (Lipinski definition) is 2. The zero-order valence-electron chi connectivity index (χ0n) is 14.4. The molecule has 6 heteroatoms. The summed E-state index contributed by atoms with van der Waals surface area (Å²) in [5, 5.41) is 0. The Balaban J connectivity index is 1.98. The van der Waals surface area contributed by atoms with Crippen molar-refractivity contribution < 1.29 is 9.53 Å². The van der Waals surface area contributed by atoms with E-state index in [1.165, 1.54) is 0 Å². The van der Waals surface area contributed by atoms with Crippen LogP contribution in [0.5, 0.6) is 5.75 Å². The first-order valence-electron chi connectivity index (χ1n) is 8.04. The molecule has 0 unspecified atom stereocenters. The molecule has 0 amide bonds. The first-order valence-corrected chi connectivity index (χ1v) is 9.62. The van der Waals surface area contributed by atoms with Crippen molar-refractivity contribution in [2.75, 3.05) is 7.11 Å². The molecule has 1 heterocycles. The van der Waals surface area contributed by atoms with E-state index >= 15 is 0 Å². The van der Waals surface area contributed by atoms with Crippen LogP contribution in [-0.4, -0.2) is 12.9 Å². The normalized spacial score (nSPS) is 12.8. The molecule has 2 N–H and O–H groups in total. The topological polar surface area (TPSA) is 50.4 Å². The number of benzene rings is 2. The molecule has 1 aliphatic rings. The Kier molecular flexibility index (Phi) is 5.84. The van der Waals surface area contributed by atoms with Crippen LogP contribution in [0.1, 0.15) is 27.0 Å². The van der Waals surface area contributed by atoms with Gasteiger partial charge in [0.1, 0.15) is 5.75 Å². The van der Waals surface area contributed by atoms with Gasteiger partial charge in [0.05, 0.1) is 12.7 Å². The third-order valence-electron chi connectivity index (χ3n) is 4.05. The maximum Gasteiger partial charge on any atom is 0.195 e. The average molecular weight is 478 g/mol. The second-order valence-electron chi connectivity index (χ2n) is 5.96. The summed E-state index contributed by atoms with van der Waals surface area (Å²) in [6.45, 7) is 1.99. The molecule has 1 aliphatic heterocycles. The Bertz CT molecular complexity index is 897. The minimum absolute atomic E-state index is 0.0451. The van der Waals surface area contributed by atoms with Gasteiger partial charge in [-0.05, 0) is 86.8 Å². The fourth-order valence-corrected chi connectivity index (χ4v) is 4.59. The summed E-state index contributed by atoms with van der Waals surface area (Å²) in [5.74, 6) is 0.706. The molecule has 26 heavy (non-hydrogen) atoms. The molecule has 2 aromatic carbocycles. The van der Waals surface area contributed by atoms with Crippen LogP contribution in [0, 0.1) is 6.92 Å². The Labute approximate surface area is 169 Å². The van der Waals surface area contributed by atoms with Crippen LogP contribution in [0.15, 0.2) is 63.3 Å². The van der Waals surface area contributed by atoms with Crippen LogP contribution in [0.4, 0.5) is 0 Å². The monoisotopic (exact) mass is 476 g/mol. The Hall–Kier alpha value is -2.05. The van der Waals surface area contributed by atoms with Gasteiger partial charge in [-0.15, -0.1) is 0 Å². The molecule has 0 fully saturated rings. The third-order valence-corrected chi connectivity index (χ3v) is 5.30. The second-order valence-corrected chi connectivity index (χ2v) is 7.67. The molecule has 0 saturated carbocycles. The number of aryl methyl sites for hydroxylation is 1. The van der Waals surface area contributed by atoms with E-state index in [-0.39, 0.29) is 5.78 Å². The molecule has 134 valence electrons. The standard InChI is InChI=1S/C20H18Br2N2O2/c1-12-8-16(21)19(17(22)9-12)20(25)13-5-6-18(26-2)14(10-13)11-15-4-3-7-23-24-15/h3-10,23-24H,11H2,1-2H3. The number of hydrazine groups is 1. The Morgan fingerprint density at radius 2 is 1.88 bits per heavy atom. The first-order chi connectivity index (χ1) is 12.5. The van der Waals surface area contributed by atoms with Crippen molar-refractivity contribution in [2.24, 2.45) is 0 Å². The number of rotatable bonds is 5. The number of allylic oxidation sites excluding steroid dienone is 3. The number of hydrogen-bond acceptors (Lipinski definition) is 4. The van der Waals surface area contributed by atoms with Gasteiger partial charge >= 0.3 is 0 Å². The van der Waals surface area contributed by atoms with Crippen LogP contribution in [-0.2, 0) is 6.42 Å². The molecule has 0 aliphatic carbocycles. The van der Waals surface area contributed by atoms with Gasteiger partial charge < -0.3 is 15.6 Å². The van der Waals surface area contributed by atoms with Crippen LogP contribution in [0.25, 0.3) is 0 Å². The van der Waals surface area contributed by atoms with Crippen LogP contribution >= 0.6 is 31.9 Å². The number of ketones is 1. The maximum atomic E-state index is 13.1. The van der Waals surface area contributed by atoms with E-state index in [2.05, 4.69) is 42.7 Å². The molecule has 0 bridgehead atoms. The largest absolute Gasteiger partial charge is 0.496 e. The summed E-state index contributed by atoms with van der Waals surface area (Å²) >= 11 is 7.02. The summed E-state index contributed by atoms with van der Waals surface area (Å²) in [6, 6.07) is 9.41. The summed E-state index contributed by atoms with van der Waals surface area (Å²) in [5.41, 5.74) is 10.3. The smallest absolute Gasteiger partial charge is 0.195 e. The fourth-order valence-electron chi connectivity index (χ4n) is 2.82. The SMILES string of the molecule is COc1ccc(C(=O)c2c(Br)cc(C)cc2Br)cc1CC1=CC=CNN1. The molecular formula is C20H18Br2N2O2. The summed E-state index contributed by atoms with van der Waals surface area (Å²) in [6.07, 6.45) is 6.34. The molecule has 0 radical (unpaired) electrons. The minimum Gasteiger partial charge on any atom is -0.496 e. The van der Waals surface area contributed by atoms with E-state index in [1.54, 1.807) is 13.2 Å². The molecular weight excluding hydrogens is 460 g/mol. The number of carbonyl (C=O) groups excluding carboxylic acids is 1. The van der Waals surface area contributed by atoms with Crippen LogP contribution in [0.3, 0.4) is 0 Å². The highest BCUT2D eigenvalue weighted by atomic mass is 79.9. The van der Waals surface area contributed by atoms with E-state index in [0.717, 1.165) is 31.5 Å². The van der Waals surface area contributed by atoms with E-state index in [4.69, 9.17) is 4.74 Å². The summed E-state index contributed by atoms with van der Waals surface area (Å²) < 4.78 is 7.02. The number of halogens is 2. The zero-order chi connectivity index (χ0) is 18.7. The molecule has 3 rings (SSSR count). The van der Waals surface area contributed by atoms with Crippen molar-refractivity contribution in [3.63, 3.8) is 0 Å². The molecule has 4 nitrogen and oxygen atoms in total. The number of methoxy groups -OCH3 is 1. The lowest BCUT2D eigenvalue weighted by atomic mass is 9.98. The molecule has 0 atom stereocenters. The highest BCUT2D eigenvalue weighted by Gasteiger charge is 2.19. The van der Waals surface area contributed by atoms with Gasteiger partial charge in [-0.3, -0.25) is 4.79 Å². The van der Waals surface area contributed by atoms with Crippen molar-refractivity contribution in [3.05, 3.63) is 85.6 Å². The van der Waals surface area contributed by atoms with Crippen molar-refractivity contribution >= 4 is 37.6 Å². The van der Waals surface area contributed by atoms with Gasteiger partial charge in [-0.25, -0.2) is 0 Å². The van der Waals surface area contributed by atoms with Gasteiger partial charge in [-0.1, -0.05) is 0 Å². The lowest BCUT2D eigenvalue weighted by Gasteiger charge is -2.16. The van der Waals surface area contributed by atoms with Gasteiger partial charge in [0.25, 0.3) is 0 Å². The number of ether oxygens (including phenoxy) is 1. The minimum atomic E-state index is -0.0451. The Morgan fingerprint density at radius 3 is 2.50 bits per heavy atom. The lowest BCUT2D eigenvalue weighted by molar-refractivity contribution is 0.103.